The van der Waals surface area contributed by atoms with E-state index in [1.807, 2.05) is 12.1 Å². The molecule has 2 heteroatoms. The monoisotopic (exact) mass is 172 g/mol. The van der Waals surface area contributed by atoms with Gasteiger partial charge in [-0.25, -0.2) is 0 Å². The summed E-state index contributed by atoms with van der Waals surface area (Å²) in [5.41, 5.74) is 3.28. The molecule has 0 aliphatic rings. The Morgan fingerprint density at radius 3 is 2.62 bits per heavy atom. The van der Waals surface area contributed by atoms with Gasteiger partial charge in [-0.3, -0.25) is 9.97 Å². The molecule has 0 spiro atoms. The van der Waals surface area contributed by atoms with Crippen molar-refractivity contribution in [1.82, 2.24) is 9.97 Å². The van der Waals surface area contributed by atoms with Crippen LogP contribution in [0.3, 0.4) is 0 Å². The number of rotatable bonds is 1. The van der Waals surface area contributed by atoms with Crippen molar-refractivity contribution in [2.45, 2.75) is 19.8 Å². The smallest absolute Gasteiger partial charge is 0.0921 e. The summed E-state index contributed by atoms with van der Waals surface area (Å²) in [6, 6.07) is 6.14. The second-order valence-corrected chi connectivity index (χ2v) is 3.43. The Bertz CT molecular complexity index is 416. The maximum Gasteiger partial charge on any atom is 0.0921 e. The molecule has 13 heavy (non-hydrogen) atoms. The summed E-state index contributed by atoms with van der Waals surface area (Å²) in [4.78, 5) is 8.60. The number of benzene rings is 1. The maximum absolute atomic E-state index is 4.34. The van der Waals surface area contributed by atoms with Crippen molar-refractivity contribution < 1.29 is 0 Å². The van der Waals surface area contributed by atoms with Crippen LogP contribution < -0.4 is 0 Å². The van der Waals surface area contributed by atoms with Crippen LogP contribution in [0.25, 0.3) is 11.0 Å². The first-order chi connectivity index (χ1) is 6.29. The molecule has 0 radical (unpaired) electrons. The number of hydrogen-bond acceptors (Lipinski definition) is 2. The molecule has 0 fully saturated rings. The average molecular weight is 172 g/mol. The van der Waals surface area contributed by atoms with Gasteiger partial charge in [0.1, 0.15) is 0 Å². The summed E-state index contributed by atoms with van der Waals surface area (Å²) < 4.78 is 0. The molecule has 2 rings (SSSR count). The molecule has 1 aromatic heterocycles. The molecule has 0 unspecified atom stereocenters. The van der Waals surface area contributed by atoms with Crippen molar-refractivity contribution in [2.24, 2.45) is 0 Å². The number of fused-ring (bicyclic) bond motifs is 1. The van der Waals surface area contributed by atoms with E-state index >= 15 is 0 Å². The van der Waals surface area contributed by atoms with E-state index in [-0.39, 0.29) is 0 Å². The van der Waals surface area contributed by atoms with E-state index in [1.54, 1.807) is 12.4 Å². The first kappa shape index (κ1) is 8.17. The summed E-state index contributed by atoms with van der Waals surface area (Å²) >= 11 is 0. The third-order valence-electron chi connectivity index (χ3n) is 2.15. The highest BCUT2D eigenvalue weighted by Gasteiger charge is 2.05. The quantitative estimate of drug-likeness (QED) is 0.661. The van der Waals surface area contributed by atoms with Crippen LogP contribution in [0.1, 0.15) is 25.3 Å². The summed E-state index contributed by atoms with van der Waals surface area (Å²) in [6.07, 6.45) is 3.47. The molecule has 66 valence electrons. The second kappa shape index (κ2) is 3.13. The lowest BCUT2D eigenvalue weighted by atomic mass is 10.0. The molecule has 0 saturated heterocycles. The van der Waals surface area contributed by atoms with Crippen molar-refractivity contribution in [2.75, 3.05) is 0 Å². The molecule has 2 nitrogen and oxygen atoms in total. The van der Waals surface area contributed by atoms with Crippen molar-refractivity contribution in [3.8, 4) is 0 Å². The van der Waals surface area contributed by atoms with Gasteiger partial charge in [0, 0.05) is 12.4 Å². The Morgan fingerprint density at radius 2 is 1.85 bits per heavy atom. The van der Waals surface area contributed by atoms with Crippen LogP contribution in [0.2, 0.25) is 0 Å². The minimum absolute atomic E-state index is 0.500. The highest BCUT2D eigenvalue weighted by molar-refractivity contribution is 5.77. The SMILES string of the molecule is CC(C)c1cccc2nccnc12. The summed E-state index contributed by atoms with van der Waals surface area (Å²) in [5.74, 6) is 0.500. The number of para-hydroxylation sites is 1. The summed E-state index contributed by atoms with van der Waals surface area (Å²) in [7, 11) is 0. The van der Waals surface area contributed by atoms with E-state index < -0.39 is 0 Å². The Kier molecular flexibility index (Phi) is 1.97. The number of aromatic nitrogens is 2. The van der Waals surface area contributed by atoms with E-state index in [1.165, 1.54) is 5.56 Å². The lowest BCUT2D eigenvalue weighted by Crippen LogP contribution is -1.92. The second-order valence-electron chi connectivity index (χ2n) is 3.43. The zero-order chi connectivity index (χ0) is 9.26. The van der Waals surface area contributed by atoms with Gasteiger partial charge in [-0.2, -0.15) is 0 Å². The van der Waals surface area contributed by atoms with Gasteiger partial charge in [-0.15, -0.1) is 0 Å². The molecule has 1 aromatic carbocycles. The van der Waals surface area contributed by atoms with Gasteiger partial charge in [0.25, 0.3) is 0 Å². The van der Waals surface area contributed by atoms with Gasteiger partial charge >= 0.3 is 0 Å². The first-order valence-electron chi connectivity index (χ1n) is 4.48. The van der Waals surface area contributed by atoms with Crippen LogP contribution in [0.5, 0.6) is 0 Å². The van der Waals surface area contributed by atoms with E-state index in [9.17, 15) is 0 Å². The van der Waals surface area contributed by atoms with Crippen LogP contribution in [-0.4, -0.2) is 9.97 Å². The van der Waals surface area contributed by atoms with Gasteiger partial charge in [0.2, 0.25) is 0 Å². The van der Waals surface area contributed by atoms with Crippen LogP contribution in [0, 0.1) is 0 Å². The van der Waals surface area contributed by atoms with E-state index in [0.717, 1.165) is 11.0 Å². The normalized spacial score (nSPS) is 11.0. The van der Waals surface area contributed by atoms with E-state index in [2.05, 4.69) is 29.9 Å². The predicted molar refractivity (Wildman–Crippen MR) is 53.6 cm³/mol. The molecule has 2 aromatic rings. The van der Waals surface area contributed by atoms with Crippen molar-refractivity contribution in [3.05, 3.63) is 36.2 Å². The van der Waals surface area contributed by atoms with Crippen LogP contribution >= 0.6 is 0 Å². The third-order valence-corrected chi connectivity index (χ3v) is 2.15. The molecule has 0 amide bonds. The Hall–Kier alpha value is -1.44. The fourth-order valence-electron chi connectivity index (χ4n) is 1.48. The minimum Gasteiger partial charge on any atom is -0.253 e. The Balaban J connectivity index is 2.76. The molecule has 0 N–H and O–H groups in total. The van der Waals surface area contributed by atoms with Crippen LogP contribution in [0.15, 0.2) is 30.6 Å². The van der Waals surface area contributed by atoms with E-state index in [0.29, 0.717) is 5.92 Å². The Labute approximate surface area is 77.6 Å². The highest BCUT2D eigenvalue weighted by atomic mass is 14.8. The standard InChI is InChI=1S/C11H12N2/c1-8(2)9-4-3-5-10-11(9)13-7-6-12-10/h3-8H,1-2H3. The number of nitrogens with zero attached hydrogens (tertiary/aromatic N) is 2. The van der Waals surface area contributed by atoms with Gasteiger partial charge in [-0.1, -0.05) is 26.0 Å². The fourth-order valence-corrected chi connectivity index (χ4v) is 1.48. The fraction of sp³-hybridized carbons (Fsp3) is 0.273. The molecule has 0 bridgehead atoms. The molecule has 0 aliphatic carbocycles. The van der Waals surface area contributed by atoms with Gasteiger partial charge in [0.15, 0.2) is 0 Å². The zero-order valence-electron chi connectivity index (χ0n) is 7.86. The molecular weight excluding hydrogens is 160 g/mol. The van der Waals surface area contributed by atoms with Crippen molar-refractivity contribution in [3.63, 3.8) is 0 Å². The molecule has 1 heterocycles. The third kappa shape index (κ3) is 1.39. The van der Waals surface area contributed by atoms with Crippen molar-refractivity contribution >= 4 is 11.0 Å². The predicted octanol–water partition coefficient (Wildman–Crippen LogP) is 2.75. The topological polar surface area (TPSA) is 25.8 Å². The number of hydrogen-bond donors (Lipinski definition) is 0. The van der Waals surface area contributed by atoms with Gasteiger partial charge in [-0.05, 0) is 17.5 Å². The van der Waals surface area contributed by atoms with Crippen LogP contribution in [-0.2, 0) is 0 Å². The van der Waals surface area contributed by atoms with Crippen LogP contribution in [0.4, 0.5) is 0 Å². The van der Waals surface area contributed by atoms with E-state index in [4.69, 9.17) is 0 Å². The summed E-state index contributed by atoms with van der Waals surface area (Å²) in [5, 5.41) is 0. The largest absolute Gasteiger partial charge is 0.253 e. The molecule has 0 aliphatic heterocycles. The van der Waals surface area contributed by atoms with Crippen molar-refractivity contribution in [1.29, 1.82) is 0 Å². The molecule has 0 saturated carbocycles. The summed E-state index contributed by atoms with van der Waals surface area (Å²) in [6.45, 7) is 4.34. The maximum atomic E-state index is 4.34. The van der Waals surface area contributed by atoms with Gasteiger partial charge in [0.05, 0.1) is 11.0 Å². The molecule has 0 atom stereocenters. The Morgan fingerprint density at radius 1 is 1.08 bits per heavy atom. The average Bonchev–Trinajstić information content (AvgIpc) is 2.17. The lowest BCUT2D eigenvalue weighted by Gasteiger charge is -2.07. The van der Waals surface area contributed by atoms with Gasteiger partial charge < -0.3 is 0 Å². The molecular formula is C11H12N2. The first-order valence-corrected chi connectivity index (χ1v) is 4.48. The highest BCUT2D eigenvalue weighted by Crippen LogP contribution is 2.21. The zero-order valence-corrected chi connectivity index (χ0v) is 7.86. The lowest BCUT2D eigenvalue weighted by molar-refractivity contribution is 0.872. The minimum atomic E-state index is 0.500.